The van der Waals surface area contributed by atoms with Crippen LogP contribution in [0.2, 0.25) is 0 Å². The lowest BCUT2D eigenvalue weighted by Crippen LogP contribution is -2.48. The predicted octanol–water partition coefficient (Wildman–Crippen LogP) is 3.29. The first kappa shape index (κ1) is 18.5. The number of rotatable bonds is 4. The SMILES string of the molecule is CC(NC(=O)C(C)(C)C)C(=O)NC(C)c1ccc2c(c1)CCCC2. The van der Waals surface area contributed by atoms with Crippen LogP contribution >= 0.6 is 0 Å². The standard InChI is InChI=1S/C20H30N2O2/c1-13(16-11-10-15-8-6-7-9-17(15)12-16)21-18(23)14(2)22-19(24)20(3,4)5/h10-14H,6-9H2,1-5H3,(H,21,23)(H,22,24). The molecule has 1 aromatic carbocycles. The molecule has 2 unspecified atom stereocenters. The van der Waals surface area contributed by atoms with Gasteiger partial charge in [0.25, 0.3) is 0 Å². The zero-order valence-corrected chi connectivity index (χ0v) is 15.5. The molecule has 24 heavy (non-hydrogen) atoms. The van der Waals surface area contributed by atoms with Gasteiger partial charge in [0.2, 0.25) is 11.8 Å². The van der Waals surface area contributed by atoms with Gasteiger partial charge in [-0.3, -0.25) is 9.59 Å². The summed E-state index contributed by atoms with van der Waals surface area (Å²) in [5.74, 6) is -0.274. The first-order chi connectivity index (χ1) is 11.2. The van der Waals surface area contributed by atoms with Crippen molar-refractivity contribution in [1.29, 1.82) is 0 Å². The largest absolute Gasteiger partial charge is 0.348 e. The summed E-state index contributed by atoms with van der Waals surface area (Å²) >= 11 is 0. The van der Waals surface area contributed by atoms with Crippen LogP contribution in [-0.2, 0) is 22.4 Å². The Morgan fingerprint density at radius 3 is 2.25 bits per heavy atom. The molecule has 0 aromatic heterocycles. The Kier molecular flexibility index (Phi) is 5.68. The van der Waals surface area contributed by atoms with Crippen molar-refractivity contribution in [1.82, 2.24) is 10.6 Å². The number of nitrogens with one attached hydrogen (secondary N) is 2. The van der Waals surface area contributed by atoms with Crippen LogP contribution in [0.5, 0.6) is 0 Å². The van der Waals surface area contributed by atoms with E-state index in [0.29, 0.717) is 0 Å². The third-order valence-corrected chi connectivity index (χ3v) is 4.65. The maximum atomic E-state index is 12.4. The molecular formula is C20H30N2O2. The Morgan fingerprint density at radius 1 is 1.00 bits per heavy atom. The van der Waals surface area contributed by atoms with E-state index < -0.39 is 11.5 Å². The molecule has 0 saturated carbocycles. The van der Waals surface area contributed by atoms with Crippen molar-refractivity contribution in [3.63, 3.8) is 0 Å². The fraction of sp³-hybridized carbons (Fsp3) is 0.600. The Morgan fingerprint density at radius 2 is 1.62 bits per heavy atom. The molecule has 2 atom stereocenters. The molecule has 0 spiro atoms. The van der Waals surface area contributed by atoms with E-state index in [4.69, 9.17) is 0 Å². The minimum absolute atomic E-state index is 0.0706. The van der Waals surface area contributed by atoms with E-state index >= 15 is 0 Å². The number of amides is 2. The summed E-state index contributed by atoms with van der Waals surface area (Å²) in [4.78, 5) is 24.4. The van der Waals surface area contributed by atoms with Gasteiger partial charge in [-0.25, -0.2) is 0 Å². The second kappa shape index (κ2) is 7.37. The van der Waals surface area contributed by atoms with Crippen molar-refractivity contribution < 1.29 is 9.59 Å². The van der Waals surface area contributed by atoms with Gasteiger partial charge >= 0.3 is 0 Å². The summed E-state index contributed by atoms with van der Waals surface area (Å²) in [6.45, 7) is 9.22. The topological polar surface area (TPSA) is 58.2 Å². The molecule has 1 aliphatic carbocycles. The monoisotopic (exact) mass is 330 g/mol. The van der Waals surface area contributed by atoms with Crippen LogP contribution in [-0.4, -0.2) is 17.9 Å². The average molecular weight is 330 g/mol. The van der Waals surface area contributed by atoms with Crippen LogP contribution in [0, 0.1) is 5.41 Å². The van der Waals surface area contributed by atoms with Crippen LogP contribution in [0.25, 0.3) is 0 Å². The summed E-state index contributed by atoms with van der Waals surface area (Å²) < 4.78 is 0. The molecule has 0 saturated heterocycles. The van der Waals surface area contributed by atoms with Gasteiger partial charge in [0, 0.05) is 5.41 Å². The molecule has 0 heterocycles. The van der Waals surface area contributed by atoms with E-state index in [-0.39, 0.29) is 17.9 Å². The summed E-state index contributed by atoms with van der Waals surface area (Å²) in [7, 11) is 0. The molecule has 2 rings (SSSR count). The molecule has 1 aliphatic rings. The summed E-state index contributed by atoms with van der Waals surface area (Å²) in [6, 6.07) is 5.90. The van der Waals surface area contributed by atoms with Crippen molar-refractivity contribution in [3.8, 4) is 0 Å². The molecule has 4 nitrogen and oxygen atoms in total. The average Bonchev–Trinajstić information content (AvgIpc) is 2.53. The van der Waals surface area contributed by atoms with E-state index in [9.17, 15) is 9.59 Å². The molecular weight excluding hydrogens is 300 g/mol. The zero-order chi connectivity index (χ0) is 17.9. The Hall–Kier alpha value is -1.84. The molecule has 0 fully saturated rings. The molecule has 4 heteroatoms. The van der Waals surface area contributed by atoms with E-state index in [1.165, 1.54) is 24.0 Å². The number of carbonyl (C=O) groups is 2. The maximum absolute atomic E-state index is 12.4. The predicted molar refractivity (Wildman–Crippen MR) is 96.7 cm³/mol. The van der Waals surface area contributed by atoms with Gasteiger partial charge in [0.05, 0.1) is 6.04 Å². The third kappa shape index (κ3) is 4.59. The Balaban J connectivity index is 1.97. The molecule has 2 N–H and O–H groups in total. The fourth-order valence-electron chi connectivity index (χ4n) is 2.92. The van der Waals surface area contributed by atoms with Crippen molar-refractivity contribution >= 4 is 11.8 Å². The van der Waals surface area contributed by atoms with Crippen molar-refractivity contribution in [2.24, 2.45) is 5.41 Å². The lowest BCUT2D eigenvalue weighted by molar-refractivity contribution is -0.133. The fourth-order valence-corrected chi connectivity index (χ4v) is 2.92. The highest BCUT2D eigenvalue weighted by Crippen LogP contribution is 2.24. The van der Waals surface area contributed by atoms with Gasteiger partial charge in [-0.05, 0) is 56.2 Å². The summed E-state index contributed by atoms with van der Waals surface area (Å²) in [5, 5.41) is 5.78. The number of hydrogen-bond donors (Lipinski definition) is 2. The van der Waals surface area contributed by atoms with E-state index in [1.807, 2.05) is 27.7 Å². The van der Waals surface area contributed by atoms with E-state index in [1.54, 1.807) is 6.92 Å². The Bertz CT molecular complexity index is 617. The van der Waals surface area contributed by atoms with Crippen LogP contribution in [0.4, 0.5) is 0 Å². The van der Waals surface area contributed by atoms with Crippen LogP contribution in [0.3, 0.4) is 0 Å². The number of fused-ring (bicyclic) bond motifs is 1. The third-order valence-electron chi connectivity index (χ3n) is 4.65. The molecule has 1 aromatic rings. The number of carbonyl (C=O) groups excluding carboxylic acids is 2. The highest BCUT2D eigenvalue weighted by Gasteiger charge is 2.25. The normalized spacial score (nSPS) is 16.7. The van der Waals surface area contributed by atoms with Crippen LogP contribution in [0.1, 0.15) is 70.2 Å². The summed E-state index contributed by atoms with van der Waals surface area (Å²) in [5.41, 5.74) is 3.47. The van der Waals surface area contributed by atoms with E-state index in [2.05, 4.69) is 28.8 Å². The lowest BCUT2D eigenvalue weighted by atomic mass is 9.89. The first-order valence-electron chi connectivity index (χ1n) is 8.91. The van der Waals surface area contributed by atoms with Gasteiger partial charge in [0.1, 0.15) is 6.04 Å². The van der Waals surface area contributed by atoms with E-state index in [0.717, 1.165) is 18.4 Å². The van der Waals surface area contributed by atoms with Gasteiger partial charge in [-0.1, -0.05) is 39.0 Å². The van der Waals surface area contributed by atoms with Crippen molar-refractivity contribution in [2.45, 2.75) is 72.4 Å². The molecule has 0 radical (unpaired) electrons. The van der Waals surface area contributed by atoms with Crippen LogP contribution < -0.4 is 10.6 Å². The quantitative estimate of drug-likeness (QED) is 0.890. The maximum Gasteiger partial charge on any atom is 0.242 e. The smallest absolute Gasteiger partial charge is 0.242 e. The summed E-state index contributed by atoms with van der Waals surface area (Å²) in [6.07, 6.45) is 4.80. The van der Waals surface area contributed by atoms with Gasteiger partial charge in [-0.15, -0.1) is 0 Å². The number of benzene rings is 1. The van der Waals surface area contributed by atoms with Gasteiger partial charge < -0.3 is 10.6 Å². The first-order valence-corrected chi connectivity index (χ1v) is 8.91. The minimum atomic E-state index is -0.545. The Labute approximate surface area is 145 Å². The number of aryl methyl sites for hydroxylation is 2. The van der Waals surface area contributed by atoms with Gasteiger partial charge in [0.15, 0.2) is 0 Å². The zero-order valence-electron chi connectivity index (χ0n) is 15.5. The van der Waals surface area contributed by atoms with Crippen molar-refractivity contribution in [2.75, 3.05) is 0 Å². The number of hydrogen-bond acceptors (Lipinski definition) is 2. The van der Waals surface area contributed by atoms with Crippen LogP contribution in [0.15, 0.2) is 18.2 Å². The second-order valence-corrected chi connectivity index (χ2v) is 7.91. The molecule has 0 aliphatic heterocycles. The molecule has 132 valence electrons. The highest BCUT2D eigenvalue weighted by atomic mass is 16.2. The lowest BCUT2D eigenvalue weighted by Gasteiger charge is -2.24. The highest BCUT2D eigenvalue weighted by molar-refractivity contribution is 5.89. The minimum Gasteiger partial charge on any atom is -0.348 e. The van der Waals surface area contributed by atoms with Crippen molar-refractivity contribution in [3.05, 3.63) is 34.9 Å². The molecule has 0 bridgehead atoms. The molecule has 2 amide bonds. The second-order valence-electron chi connectivity index (χ2n) is 7.91. The van der Waals surface area contributed by atoms with Gasteiger partial charge in [-0.2, -0.15) is 0 Å².